The van der Waals surface area contributed by atoms with Crippen LogP contribution in [0.4, 0.5) is 20.7 Å². The zero-order valence-corrected chi connectivity index (χ0v) is 19.4. The Labute approximate surface area is 193 Å². The number of fused-ring (bicyclic) bond motifs is 1. The summed E-state index contributed by atoms with van der Waals surface area (Å²) in [5.74, 6) is 0.286. The first-order valence-corrected chi connectivity index (χ1v) is 11.1. The van der Waals surface area contributed by atoms with Gasteiger partial charge in [-0.1, -0.05) is 6.07 Å². The molecule has 1 aromatic carbocycles. The third kappa shape index (κ3) is 5.92. The van der Waals surface area contributed by atoms with Crippen molar-refractivity contribution in [1.29, 1.82) is 0 Å². The number of carbonyl (C=O) groups excluding carboxylic acids is 1. The van der Waals surface area contributed by atoms with Gasteiger partial charge in [-0.2, -0.15) is 8.42 Å². The number of aryl methyl sites for hydroxylation is 1. The van der Waals surface area contributed by atoms with E-state index in [1.54, 1.807) is 17.2 Å². The number of benzene rings is 1. The molecule has 1 saturated heterocycles. The highest BCUT2D eigenvalue weighted by Crippen LogP contribution is 2.36. The molecular weight excluding hydrogens is 451 g/mol. The molecule has 1 aliphatic heterocycles. The van der Waals surface area contributed by atoms with Crippen molar-refractivity contribution in [3.8, 4) is 0 Å². The van der Waals surface area contributed by atoms with Crippen LogP contribution in [0.25, 0.3) is 11.1 Å². The molecule has 1 aliphatic rings. The largest absolute Gasteiger partial charge is 0.458 e. The molecule has 33 heavy (non-hydrogen) atoms. The summed E-state index contributed by atoms with van der Waals surface area (Å²) in [6.45, 7) is 6.76. The fourth-order valence-corrected chi connectivity index (χ4v) is 3.75. The lowest BCUT2D eigenvalue weighted by Gasteiger charge is -2.31. The summed E-state index contributed by atoms with van der Waals surface area (Å²) in [6, 6.07) is 4.97. The Morgan fingerprint density at radius 2 is 1.97 bits per heavy atom. The maximum Gasteiger partial charge on any atom is 0.410 e. The van der Waals surface area contributed by atoms with Gasteiger partial charge in [0.1, 0.15) is 17.7 Å². The normalized spacial score (nSPS) is 14.0. The molecule has 1 fully saturated rings. The summed E-state index contributed by atoms with van der Waals surface area (Å²) in [5, 5.41) is 3.01. The van der Waals surface area contributed by atoms with Crippen molar-refractivity contribution in [2.24, 2.45) is 0 Å². The molecule has 0 saturated carbocycles. The number of nitrogens with one attached hydrogen (secondary N) is 1. The molecule has 4 rings (SSSR count). The molecule has 0 radical (unpaired) electrons. The number of rotatable bonds is 4. The van der Waals surface area contributed by atoms with E-state index in [-0.39, 0.29) is 23.9 Å². The monoisotopic (exact) mass is 476 g/mol. The number of hydrogen-bond donors (Lipinski definition) is 1. The smallest absolute Gasteiger partial charge is 0.410 e. The van der Waals surface area contributed by atoms with Gasteiger partial charge in [-0.05, 0) is 57.2 Å². The topological polar surface area (TPSA) is 115 Å². The Kier molecular flexibility index (Phi) is 8.10. The van der Waals surface area contributed by atoms with Crippen molar-refractivity contribution in [3.63, 3.8) is 0 Å². The minimum Gasteiger partial charge on any atom is -0.458 e. The van der Waals surface area contributed by atoms with E-state index in [0.29, 0.717) is 35.7 Å². The lowest BCUT2D eigenvalue weighted by Crippen LogP contribution is -2.39. The molecule has 0 spiro atoms. The average Bonchev–Trinajstić information content (AvgIpc) is 3.21. The van der Waals surface area contributed by atoms with E-state index in [1.807, 2.05) is 26.8 Å². The second kappa shape index (κ2) is 11.0. The molecule has 1 N–H and O–H groups in total. The SMILES string of the molecule is Cc1ccc(Nc2ncnc3c(C4CCN(C(=O)OC(C)C)CC4)coc23)c(F)c1.O=S=O. The van der Waals surface area contributed by atoms with Crippen LogP contribution in [0.3, 0.4) is 0 Å². The van der Waals surface area contributed by atoms with Crippen molar-refractivity contribution in [2.75, 3.05) is 18.4 Å². The number of ether oxygens (including phenoxy) is 1. The van der Waals surface area contributed by atoms with Crippen LogP contribution in [0, 0.1) is 12.7 Å². The highest BCUT2D eigenvalue weighted by atomic mass is 32.1. The predicted molar refractivity (Wildman–Crippen MR) is 120 cm³/mol. The molecule has 0 unspecified atom stereocenters. The zero-order chi connectivity index (χ0) is 24.0. The van der Waals surface area contributed by atoms with E-state index in [1.165, 1.54) is 12.4 Å². The van der Waals surface area contributed by atoms with Gasteiger partial charge in [-0.25, -0.2) is 19.2 Å². The summed E-state index contributed by atoms with van der Waals surface area (Å²) in [7, 11) is 0. The van der Waals surface area contributed by atoms with Gasteiger partial charge in [-0.3, -0.25) is 0 Å². The quantitative estimate of drug-likeness (QED) is 0.587. The van der Waals surface area contributed by atoms with Crippen molar-refractivity contribution >= 4 is 40.3 Å². The highest BCUT2D eigenvalue weighted by Gasteiger charge is 2.28. The first kappa shape index (κ1) is 24.3. The fraction of sp³-hybridized carbons (Fsp3) is 0.409. The highest BCUT2D eigenvalue weighted by molar-refractivity contribution is 7.51. The number of likely N-dealkylation sites (tertiary alicyclic amines) is 1. The van der Waals surface area contributed by atoms with Gasteiger partial charge in [0.15, 0.2) is 11.4 Å². The standard InChI is InChI=1S/C22H25FN4O3.O2S/c1-13(2)30-22(28)27-8-6-15(7-9-27)16-11-29-20-19(16)24-12-25-21(20)26-18-5-4-14(3)10-17(18)23;1-3-2/h4-5,10-13,15H,6-9H2,1-3H3,(H,24,25,26);. The Bertz CT molecular complexity index is 1150. The van der Waals surface area contributed by atoms with Crippen LogP contribution in [0.5, 0.6) is 0 Å². The van der Waals surface area contributed by atoms with Gasteiger partial charge in [0.2, 0.25) is 0 Å². The Morgan fingerprint density at radius 3 is 2.61 bits per heavy atom. The first-order valence-electron chi connectivity index (χ1n) is 10.5. The Balaban J connectivity index is 0.000000968. The van der Waals surface area contributed by atoms with Crippen LogP contribution in [-0.2, 0) is 16.3 Å². The van der Waals surface area contributed by atoms with Gasteiger partial charge >= 0.3 is 17.7 Å². The molecule has 1 amide bonds. The van der Waals surface area contributed by atoms with Gasteiger partial charge < -0.3 is 19.4 Å². The van der Waals surface area contributed by atoms with Crippen LogP contribution in [-0.4, -0.2) is 48.6 Å². The third-order valence-corrected chi connectivity index (χ3v) is 5.29. The van der Waals surface area contributed by atoms with Crippen LogP contribution >= 0.6 is 0 Å². The number of amides is 1. The second-order valence-corrected chi connectivity index (χ2v) is 8.10. The van der Waals surface area contributed by atoms with Crippen molar-refractivity contribution in [1.82, 2.24) is 14.9 Å². The lowest BCUT2D eigenvalue weighted by molar-refractivity contribution is 0.0692. The van der Waals surface area contributed by atoms with E-state index in [4.69, 9.17) is 17.6 Å². The molecule has 3 aromatic rings. The van der Waals surface area contributed by atoms with E-state index in [0.717, 1.165) is 24.0 Å². The van der Waals surface area contributed by atoms with Crippen molar-refractivity contribution < 1.29 is 26.8 Å². The van der Waals surface area contributed by atoms with Crippen LogP contribution in [0.1, 0.15) is 43.7 Å². The maximum absolute atomic E-state index is 14.2. The number of aromatic nitrogens is 2. The number of anilines is 2. The average molecular weight is 477 g/mol. The minimum atomic E-state index is -0.750. The van der Waals surface area contributed by atoms with E-state index in [9.17, 15) is 9.18 Å². The summed E-state index contributed by atoms with van der Waals surface area (Å²) in [6.07, 6.45) is 4.33. The summed E-state index contributed by atoms with van der Waals surface area (Å²) in [4.78, 5) is 22.5. The molecule has 176 valence electrons. The van der Waals surface area contributed by atoms with E-state index < -0.39 is 11.6 Å². The number of furan rings is 1. The molecule has 0 bridgehead atoms. The summed E-state index contributed by atoms with van der Waals surface area (Å²) < 4.78 is 41.9. The summed E-state index contributed by atoms with van der Waals surface area (Å²) >= 11 is -0.750. The zero-order valence-electron chi connectivity index (χ0n) is 18.5. The number of halogens is 1. The van der Waals surface area contributed by atoms with Crippen molar-refractivity contribution in [2.45, 2.75) is 45.6 Å². The number of nitrogens with zero attached hydrogens (tertiary/aromatic N) is 3. The van der Waals surface area contributed by atoms with E-state index >= 15 is 0 Å². The molecule has 0 aliphatic carbocycles. The number of hydrogen-bond acceptors (Lipinski definition) is 8. The molecule has 2 aromatic heterocycles. The maximum atomic E-state index is 14.2. The second-order valence-electron chi connectivity index (χ2n) is 7.96. The van der Waals surface area contributed by atoms with E-state index in [2.05, 4.69) is 15.3 Å². The van der Waals surface area contributed by atoms with Gasteiger partial charge in [0.25, 0.3) is 0 Å². The Morgan fingerprint density at radius 1 is 1.27 bits per heavy atom. The predicted octanol–water partition coefficient (Wildman–Crippen LogP) is 4.47. The lowest BCUT2D eigenvalue weighted by atomic mass is 9.90. The van der Waals surface area contributed by atoms with Crippen LogP contribution in [0.2, 0.25) is 0 Å². The minimum absolute atomic E-state index is 0.131. The first-order chi connectivity index (χ1) is 15.8. The number of piperidine rings is 1. The molecule has 9 nitrogen and oxygen atoms in total. The molecule has 0 atom stereocenters. The van der Waals surface area contributed by atoms with Gasteiger partial charge in [0, 0.05) is 18.7 Å². The number of carbonyl (C=O) groups is 1. The third-order valence-electron chi connectivity index (χ3n) is 5.29. The van der Waals surface area contributed by atoms with Crippen molar-refractivity contribution in [3.05, 3.63) is 47.7 Å². The van der Waals surface area contributed by atoms with Gasteiger partial charge in [0.05, 0.1) is 18.1 Å². The molecule has 3 heterocycles. The van der Waals surface area contributed by atoms with Crippen LogP contribution in [0.15, 0.2) is 35.2 Å². The van der Waals surface area contributed by atoms with Crippen LogP contribution < -0.4 is 5.32 Å². The molecule has 11 heteroatoms. The summed E-state index contributed by atoms with van der Waals surface area (Å²) in [5.41, 5.74) is 3.36. The fourth-order valence-electron chi connectivity index (χ4n) is 3.75. The van der Waals surface area contributed by atoms with Gasteiger partial charge in [-0.15, -0.1) is 0 Å². The molecular formula is C22H25FN4O5S. The Hall–Kier alpha value is -3.34.